The molecular weight excluding hydrogens is 291 g/mol. The summed E-state index contributed by atoms with van der Waals surface area (Å²) < 4.78 is 20.6. The van der Waals surface area contributed by atoms with Gasteiger partial charge in [0.2, 0.25) is 0 Å². The molecule has 0 bridgehead atoms. The summed E-state index contributed by atoms with van der Waals surface area (Å²) in [5, 5.41) is 11.5. The van der Waals surface area contributed by atoms with Gasteiger partial charge in [0, 0.05) is 0 Å². The van der Waals surface area contributed by atoms with Gasteiger partial charge in [0.15, 0.2) is 5.67 Å². The van der Waals surface area contributed by atoms with Crippen molar-refractivity contribution in [3.63, 3.8) is 0 Å². The van der Waals surface area contributed by atoms with Gasteiger partial charge in [0.25, 0.3) is 0 Å². The van der Waals surface area contributed by atoms with E-state index in [4.69, 9.17) is 4.74 Å². The Morgan fingerprint density at radius 2 is 1.57 bits per heavy atom. The highest BCUT2D eigenvalue weighted by Gasteiger charge is 2.32. The van der Waals surface area contributed by atoms with E-state index in [0.29, 0.717) is 12.2 Å². The van der Waals surface area contributed by atoms with Crippen LogP contribution >= 0.6 is 0 Å². The molecule has 0 heterocycles. The van der Waals surface area contributed by atoms with Crippen molar-refractivity contribution in [3.05, 3.63) is 83.9 Å². The summed E-state index contributed by atoms with van der Waals surface area (Å²) >= 11 is 0. The molecule has 3 aromatic carbocycles. The van der Waals surface area contributed by atoms with E-state index in [0.717, 1.165) is 16.3 Å². The van der Waals surface area contributed by atoms with Gasteiger partial charge in [-0.15, -0.1) is 0 Å². The molecule has 1 N–H and O–H groups in total. The number of aliphatic hydroxyl groups excluding tert-OH is 1. The third-order valence-electron chi connectivity index (χ3n) is 3.96. The zero-order valence-corrected chi connectivity index (χ0v) is 12.8. The lowest BCUT2D eigenvalue weighted by Gasteiger charge is -2.24. The average Bonchev–Trinajstić information content (AvgIpc) is 2.62. The van der Waals surface area contributed by atoms with E-state index in [-0.39, 0.29) is 6.61 Å². The van der Waals surface area contributed by atoms with Crippen LogP contribution < -0.4 is 0 Å². The highest BCUT2D eigenvalue weighted by molar-refractivity contribution is 5.83. The second kappa shape index (κ2) is 6.90. The molecular formula is C20H19FO2. The first-order chi connectivity index (χ1) is 11.2. The zero-order valence-electron chi connectivity index (χ0n) is 12.8. The standard InChI is InChI=1S/C20H19FO2/c21-20(14-22,15-23-13-16-6-2-1-3-7-16)19-11-10-17-8-4-5-9-18(17)12-19/h1-12,22H,13-15H2. The van der Waals surface area contributed by atoms with Gasteiger partial charge >= 0.3 is 0 Å². The Kier molecular flexibility index (Phi) is 4.70. The van der Waals surface area contributed by atoms with Gasteiger partial charge in [0.1, 0.15) is 0 Å². The minimum atomic E-state index is -1.90. The summed E-state index contributed by atoms with van der Waals surface area (Å²) in [6, 6.07) is 22.7. The molecule has 1 unspecified atom stereocenters. The molecule has 0 fully saturated rings. The average molecular weight is 310 g/mol. The largest absolute Gasteiger partial charge is 0.393 e. The Morgan fingerprint density at radius 3 is 2.30 bits per heavy atom. The molecule has 0 aliphatic rings. The third-order valence-corrected chi connectivity index (χ3v) is 3.96. The first kappa shape index (κ1) is 15.7. The van der Waals surface area contributed by atoms with E-state index in [1.165, 1.54) is 0 Å². The van der Waals surface area contributed by atoms with Gasteiger partial charge in [-0.3, -0.25) is 0 Å². The van der Waals surface area contributed by atoms with Crippen molar-refractivity contribution < 1.29 is 14.2 Å². The minimum Gasteiger partial charge on any atom is -0.393 e. The molecule has 3 heteroatoms. The first-order valence-electron chi connectivity index (χ1n) is 7.62. The van der Waals surface area contributed by atoms with Gasteiger partial charge in [-0.1, -0.05) is 66.7 Å². The van der Waals surface area contributed by atoms with Crippen LogP contribution in [-0.4, -0.2) is 18.3 Å². The summed E-state index contributed by atoms with van der Waals surface area (Å²) in [6.07, 6.45) is 0. The molecule has 0 saturated carbocycles. The summed E-state index contributed by atoms with van der Waals surface area (Å²) in [4.78, 5) is 0. The molecule has 0 spiro atoms. The Morgan fingerprint density at radius 1 is 0.870 bits per heavy atom. The van der Waals surface area contributed by atoms with Crippen LogP contribution in [0.3, 0.4) is 0 Å². The Labute approximate surface area is 135 Å². The molecule has 0 aliphatic carbocycles. The van der Waals surface area contributed by atoms with E-state index in [9.17, 15) is 5.11 Å². The Hall–Kier alpha value is -2.23. The lowest BCUT2D eigenvalue weighted by atomic mass is 9.95. The van der Waals surface area contributed by atoms with E-state index in [1.807, 2.05) is 60.7 Å². The van der Waals surface area contributed by atoms with Crippen LogP contribution in [0, 0.1) is 0 Å². The van der Waals surface area contributed by atoms with Crippen LogP contribution in [0.2, 0.25) is 0 Å². The number of halogens is 1. The molecule has 0 aliphatic heterocycles. The molecule has 2 nitrogen and oxygen atoms in total. The normalized spacial score (nSPS) is 13.8. The van der Waals surface area contributed by atoms with Crippen LogP contribution in [0.25, 0.3) is 10.8 Å². The quantitative estimate of drug-likeness (QED) is 0.739. The maximum atomic E-state index is 15.1. The summed E-state index contributed by atoms with van der Waals surface area (Å²) in [7, 11) is 0. The first-order valence-corrected chi connectivity index (χ1v) is 7.62. The zero-order chi connectivity index (χ0) is 16.1. The number of benzene rings is 3. The molecule has 118 valence electrons. The van der Waals surface area contributed by atoms with Crippen LogP contribution in [-0.2, 0) is 17.0 Å². The number of rotatable bonds is 6. The van der Waals surface area contributed by atoms with Gasteiger partial charge < -0.3 is 9.84 Å². The van der Waals surface area contributed by atoms with Gasteiger partial charge in [-0.25, -0.2) is 4.39 Å². The minimum absolute atomic E-state index is 0.184. The van der Waals surface area contributed by atoms with Crippen molar-refractivity contribution in [2.24, 2.45) is 0 Å². The van der Waals surface area contributed by atoms with Crippen molar-refractivity contribution in [2.75, 3.05) is 13.2 Å². The van der Waals surface area contributed by atoms with Gasteiger partial charge in [-0.05, 0) is 28.0 Å². The smallest absolute Gasteiger partial charge is 0.181 e. The molecule has 23 heavy (non-hydrogen) atoms. The maximum absolute atomic E-state index is 15.1. The van der Waals surface area contributed by atoms with Crippen molar-refractivity contribution in [1.29, 1.82) is 0 Å². The van der Waals surface area contributed by atoms with Crippen LogP contribution in [0.5, 0.6) is 0 Å². The van der Waals surface area contributed by atoms with Crippen LogP contribution in [0.1, 0.15) is 11.1 Å². The van der Waals surface area contributed by atoms with Gasteiger partial charge in [0.05, 0.1) is 19.8 Å². The number of hydrogen-bond donors (Lipinski definition) is 1. The Balaban J connectivity index is 1.75. The molecule has 0 radical (unpaired) electrons. The molecule has 0 amide bonds. The molecule has 3 aromatic rings. The van der Waals surface area contributed by atoms with Gasteiger partial charge in [-0.2, -0.15) is 0 Å². The summed E-state index contributed by atoms with van der Waals surface area (Å²) in [5.41, 5.74) is -0.489. The fourth-order valence-corrected chi connectivity index (χ4v) is 2.59. The molecule has 1 atom stereocenters. The van der Waals surface area contributed by atoms with E-state index in [2.05, 4.69) is 0 Å². The second-order valence-corrected chi connectivity index (χ2v) is 5.66. The van der Waals surface area contributed by atoms with Crippen molar-refractivity contribution in [3.8, 4) is 0 Å². The van der Waals surface area contributed by atoms with E-state index < -0.39 is 12.3 Å². The predicted molar refractivity (Wildman–Crippen MR) is 89.9 cm³/mol. The van der Waals surface area contributed by atoms with Crippen molar-refractivity contribution >= 4 is 10.8 Å². The molecule has 0 aromatic heterocycles. The fraction of sp³-hybridized carbons (Fsp3) is 0.200. The highest BCUT2D eigenvalue weighted by Crippen LogP contribution is 2.29. The predicted octanol–water partition coefficient (Wildman–Crippen LogP) is 4.21. The number of hydrogen-bond acceptors (Lipinski definition) is 2. The lowest BCUT2D eigenvalue weighted by molar-refractivity contribution is -0.0296. The maximum Gasteiger partial charge on any atom is 0.181 e. The topological polar surface area (TPSA) is 29.5 Å². The SMILES string of the molecule is OCC(F)(COCc1ccccc1)c1ccc2ccccc2c1. The summed E-state index contributed by atoms with van der Waals surface area (Å²) in [6.45, 7) is -0.475. The van der Waals surface area contributed by atoms with Crippen LogP contribution in [0.15, 0.2) is 72.8 Å². The summed E-state index contributed by atoms with van der Waals surface area (Å²) in [5.74, 6) is 0. The fourth-order valence-electron chi connectivity index (χ4n) is 2.59. The highest BCUT2D eigenvalue weighted by atomic mass is 19.1. The number of ether oxygens (including phenoxy) is 1. The number of aliphatic hydroxyl groups is 1. The third kappa shape index (κ3) is 3.58. The van der Waals surface area contributed by atoms with Crippen LogP contribution in [0.4, 0.5) is 4.39 Å². The molecule has 0 saturated heterocycles. The van der Waals surface area contributed by atoms with E-state index >= 15 is 4.39 Å². The monoisotopic (exact) mass is 310 g/mol. The van der Waals surface area contributed by atoms with E-state index in [1.54, 1.807) is 12.1 Å². The lowest BCUT2D eigenvalue weighted by Crippen LogP contribution is -2.31. The number of alkyl halides is 1. The second-order valence-electron chi connectivity index (χ2n) is 5.66. The number of fused-ring (bicyclic) bond motifs is 1. The molecule has 3 rings (SSSR count). The van der Waals surface area contributed by atoms with Crippen molar-refractivity contribution in [1.82, 2.24) is 0 Å². The Bertz CT molecular complexity index is 773. The van der Waals surface area contributed by atoms with Crippen molar-refractivity contribution in [2.45, 2.75) is 12.3 Å².